The van der Waals surface area contributed by atoms with Crippen molar-refractivity contribution in [3.8, 4) is 0 Å². The smallest absolute Gasteiger partial charge is 0.349 e. The molecular formula is C38H57N17O11. The van der Waals surface area contributed by atoms with Gasteiger partial charge < -0.3 is 58.9 Å². The monoisotopic (exact) mass is 927 g/mol. The number of nitrogens with zero attached hydrogens (tertiary/aromatic N) is 8. The van der Waals surface area contributed by atoms with Gasteiger partial charge in [-0.3, -0.25) is 57.0 Å². The summed E-state index contributed by atoms with van der Waals surface area (Å²) in [5, 5.41) is 10.5. The largest absolute Gasteiger partial charge is 0.383 e. The first-order valence-corrected chi connectivity index (χ1v) is 20.6. The van der Waals surface area contributed by atoms with Gasteiger partial charge in [0, 0.05) is 63.4 Å². The number of primary amides is 1. The Labute approximate surface area is 376 Å². The van der Waals surface area contributed by atoms with Crippen LogP contribution >= 0.6 is 0 Å². The van der Waals surface area contributed by atoms with E-state index in [1.54, 1.807) is 7.05 Å². The molecule has 360 valence electrons. The van der Waals surface area contributed by atoms with E-state index in [-0.39, 0.29) is 62.9 Å². The van der Waals surface area contributed by atoms with Crippen LogP contribution in [0.2, 0.25) is 0 Å². The van der Waals surface area contributed by atoms with Gasteiger partial charge in [0.25, 0.3) is 5.56 Å². The highest BCUT2D eigenvalue weighted by Crippen LogP contribution is 2.02. The van der Waals surface area contributed by atoms with Crippen molar-refractivity contribution >= 4 is 53.0 Å². The Hall–Kier alpha value is -7.75. The zero-order valence-electron chi connectivity index (χ0n) is 36.7. The summed E-state index contributed by atoms with van der Waals surface area (Å²) < 4.78 is 2.89. The van der Waals surface area contributed by atoms with Gasteiger partial charge in [-0.2, -0.15) is 9.97 Å². The molecule has 0 bridgehead atoms. The number of aryl methyl sites for hydroxylation is 1. The van der Waals surface area contributed by atoms with Crippen molar-refractivity contribution in [2.75, 3.05) is 84.0 Å². The Morgan fingerprint density at radius 2 is 1.15 bits per heavy atom. The van der Waals surface area contributed by atoms with Gasteiger partial charge in [-0.05, 0) is 51.9 Å². The van der Waals surface area contributed by atoms with E-state index in [9.17, 15) is 52.7 Å². The fourth-order valence-corrected chi connectivity index (χ4v) is 6.03. The second kappa shape index (κ2) is 26.1. The Kier molecular flexibility index (Phi) is 20.8. The van der Waals surface area contributed by atoms with Crippen LogP contribution in [0, 0.1) is 6.92 Å². The van der Waals surface area contributed by atoms with Crippen LogP contribution in [-0.2, 0) is 53.2 Å². The summed E-state index contributed by atoms with van der Waals surface area (Å²) in [4.78, 5) is 153. The highest BCUT2D eigenvalue weighted by atomic mass is 16.2. The average molecular weight is 928 g/mol. The third kappa shape index (κ3) is 17.4. The zero-order chi connectivity index (χ0) is 48.9. The zero-order valence-corrected chi connectivity index (χ0v) is 36.7. The number of carbonyl (C=O) groups excluding carboxylic acids is 7. The average Bonchev–Trinajstić information content (AvgIpc) is 3.25. The van der Waals surface area contributed by atoms with E-state index < -0.39 is 109 Å². The lowest BCUT2D eigenvalue weighted by Gasteiger charge is -2.26. The molecule has 1 unspecified atom stereocenters. The van der Waals surface area contributed by atoms with Crippen LogP contribution in [0.1, 0.15) is 24.8 Å². The predicted molar refractivity (Wildman–Crippen MR) is 236 cm³/mol. The Morgan fingerprint density at radius 3 is 1.59 bits per heavy atom. The van der Waals surface area contributed by atoms with Crippen molar-refractivity contribution in [2.24, 2.45) is 11.5 Å². The number of hydrogen-bond acceptors (Lipinski definition) is 17. The molecule has 13 N–H and O–H groups in total. The molecule has 0 aromatic carbocycles. The minimum atomic E-state index is -1.07. The molecule has 0 saturated heterocycles. The fourth-order valence-electron chi connectivity index (χ4n) is 6.03. The van der Waals surface area contributed by atoms with E-state index in [4.69, 9.17) is 22.9 Å². The summed E-state index contributed by atoms with van der Waals surface area (Å²) in [5.41, 5.74) is 19.2. The highest BCUT2D eigenvalue weighted by molar-refractivity contribution is 5.90. The van der Waals surface area contributed by atoms with Crippen LogP contribution in [0.4, 0.5) is 11.6 Å². The molecule has 0 spiro atoms. The van der Waals surface area contributed by atoms with Crippen LogP contribution in [0.25, 0.3) is 0 Å². The maximum Gasteiger partial charge on any atom is 0.349 e. The van der Waals surface area contributed by atoms with Gasteiger partial charge in [-0.25, -0.2) is 14.4 Å². The summed E-state index contributed by atoms with van der Waals surface area (Å²) in [5.74, 6) is -5.32. The molecule has 3 aromatic rings. The molecule has 3 heterocycles. The van der Waals surface area contributed by atoms with Crippen LogP contribution in [0.5, 0.6) is 0 Å². The first-order valence-electron chi connectivity index (χ1n) is 20.6. The van der Waals surface area contributed by atoms with E-state index in [1.165, 1.54) is 42.5 Å². The van der Waals surface area contributed by atoms with E-state index in [1.807, 2.05) is 0 Å². The molecular weight excluding hydrogens is 871 g/mol. The maximum absolute atomic E-state index is 13.6. The number of anilines is 2. The third-order valence-electron chi connectivity index (χ3n) is 9.62. The van der Waals surface area contributed by atoms with Gasteiger partial charge in [0.15, 0.2) is 0 Å². The molecule has 28 nitrogen and oxygen atoms in total. The number of unbranched alkanes of at least 4 members (excludes halogenated alkanes) is 1. The molecule has 0 radical (unpaired) electrons. The number of aromatic amines is 1. The van der Waals surface area contributed by atoms with Crippen molar-refractivity contribution in [1.29, 1.82) is 0 Å². The first-order chi connectivity index (χ1) is 31.3. The number of carbonyl (C=O) groups is 7. The van der Waals surface area contributed by atoms with Gasteiger partial charge in [-0.15, -0.1) is 0 Å². The number of rotatable bonds is 27. The van der Waals surface area contributed by atoms with E-state index in [2.05, 4.69) is 36.2 Å². The van der Waals surface area contributed by atoms with Crippen LogP contribution < -0.4 is 66.8 Å². The second-order valence-corrected chi connectivity index (χ2v) is 14.8. The fraction of sp³-hybridized carbons (Fsp3) is 0.500. The van der Waals surface area contributed by atoms with Crippen molar-refractivity contribution < 1.29 is 33.6 Å². The van der Waals surface area contributed by atoms with E-state index in [0.29, 0.717) is 19.4 Å². The molecule has 7 amide bonds. The lowest BCUT2D eigenvalue weighted by molar-refractivity contribution is -0.138. The lowest BCUT2D eigenvalue weighted by Crippen LogP contribution is -2.51. The summed E-state index contributed by atoms with van der Waals surface area (Å²) in [6.45, 7) is -2.33. The molecule has 3 rings (SSSR count). The van der Waals surface area contributed by atoms with Crippen LogP contribution in [0.3, 0.4) is 0 Å². The quantitative estimate of drug-likeness (QED) is 0.0321. The maximum atomic E-state index is 13.6. The Bertz CT molecular complexity index is 2450. The van der Waals surface area contributed by atoms with Crippen molar-refractivity contribution in [1.82, 2.24) is 64.6 Å². The minimum Gasteiger partial charge on any atom is -0.383 e. The number of amides is 7. The summed E-state index contributed by atoms with van der Waals surface area (Å²) >= 11 is 0. The van der Waals surface area contributed by atoms with Crippen LogP contribution in [0.15, 0.2) is 49.9 Å². The molecule has 1 atom stereocenters. The van der Waals surface area contributed by atoms with E-state index in [0.717, 1.165) is 23.5 Å². The number of aromatic nitrogens is 6. The number of likely N-dealkylation sites (N-methyl/N-ethyl adjacent to an activating group) is 1. The summed E-state index contributed by atoms with van der Waals surface area (Å²) in [7, 11) is 1.63. The summed E-state index contributed by atoms with van der Waals surface area (Å²) in [6, 6.07) is 1.50. The molecule has 0 aliphatic heterocycles. The minimum absolute atomic E-state index is 0.0585. The van der Waals surface area contributed by atoms with Gasteiger partial charge in [0.1, 0.15) is 37.3 Å². The van der Waals surface area contributed by atoms with Crippen molar-refractivity contribution in [2.45, 2.75) is 51.9 Å². The van der Waals surface area contributed by atoms with Gasteiger partial charge in [0.05, 0.1) is 19.6 Å². The van der Waals surface area contributed by atoms with Gasteiger partial charge >= 0.3 is 17.1 Å². The number of hydrogen-bond donors (Lipinski definition) is 9. The van der Waals surface area contributed by atoms with Crippen molar-refractivity contribution in [3.63, 3.8) is 0 Å². The molecule has 3 aromatic heterocycles. The topological polar surface area (TPSA) is 406 Å². The highest BCUT2D eigenvalue weighted by Gasteiger charge is 2.24. The van der Waals surface area contributed by atoms with Crippen LogP contribution in [-0.4, -0.2) is 163 Å². The normalized spacial score (nSPS) is 11.3. The number of H-pyrrole nitrogens is 1. The molecule has 66 heavy (non-hydrogen) atoms. The molecule has 28 heteroatoms. The number of nitrogens with one attached hydrogen (secondary N) is 5. The Morgan fingerprint density at radius 1 is 0.697 bits per heavy atom. The second-order valence-electron chi connectivity index (χ2n) is 14.8. The first kappa shape index (κ1) is 52.6. The van der Waals surface area contributed by atoms with E-state index >= 15 is 0 Å². The lowest BCUT2D eigenvalue weighted by atomic mass is 10.1. The number of nitrogen functional groups attached to an aromatic ring is 2. The molecule has 0 fully saturated rings. The van der Waals surface area contributed by atoms with Crippen molar-refractivity contribution in [3.05, 3.63) is 78.1 Å². The van der Waals surface area contributed by atoms with Gasteiger partial charge in [-0.1, -0.05) is 0 Å². The van der Waals surface area contributed by atoms with Gasteiger partial charge in [0.2, 0.25) is 41.4 Å². The Balaban J connectivity index is 1.73. The molecule has 0 aliphatic carbocycles. The standard InChI is InChI=1S/C38H57N17O11/c1-24-17-55(38(66)49-35(24)63)23-33(61)50(14-9-43-2)18-28(56)44-10-15-51(31(59)21-53-12-6-26(40)47-36(53)64)19-29(57)45-11-16-52(32(60)22-54-13-7-27(41)48-37(54)65)20-30(58)46-25(34(42)62)5-3-4-8-39/h6-7,12-13,17,25,43H,3-5,8-11,14-16,18-23,39H2,1-2H3,(H2,42,62)(H,44,56)(H,45,57)(H,46,58)(H2,40,47,64)(H2,41,48,65)(H,49,63,66). The SMILES string of the molecule is CNCCN(CC(=O)NCCN(CC(=O)NCCN(CC(=O)NC(CCCCN)C(N)=O)C(=O)Cn1ccc(N)nc1=O)C(=O)Cn1ccc(N)nc1=O)C(=O)Cn1cc(C)c(=O)[nH]c1=O. The number of nitrogens with two attached hydrogens (primary N) is 4. The predicted octanol–water partition coefficient (Wildman–Crippen LogP) is -7.44. The molecule has 0 saturated carbocycles. The third-order valence-corrected chi connectivity index (χ3v) is 9.62. The molecule has 0 aliphatic rings. The summed E-state index contributed by atoms with van der Waals surface area (Å²) in [6.07, 6.45) is 4.91.